The highest BCUT2D eigenvalue weighted by Crippen LogP contribution is 2.16. The van der Waals surface area contributed by atoms with Crippen molar-refractivity contribution >= 4 is 11.6 Å². The van der Waals surface area contributed by atoms with Gasteiger partial charge in [-0.25, -0.2) is 4.39 Å². The van der Waals surface area contributed by atoms with Crippen molar-refractivity contribution in [3.8, 4) is 0 Å². The molecule has 1 nitrogen and oxygen atoms in total. The molecule has 0 aromatic heterocycles. The van der Waals surface area contributed by atoms with Crippen LogP contribution in [0.3, 0.4) is 0 Å². The maximum absolute atomic E-state index is 12.7. The van der Waals surface area contributed by atoms with Crippen molar-refractivity contribution in [3.05, 3.63) is 34.6 Å². The summed E-state index contributed by atoms with van der Waals surface area (Å²) in [6.45, 7) is 0.394. The molecule has 1 rings (SSSR count). The molecule has 0 amide bonds. The molecule has 0 radical (unpaired) electrons. The van der Waals surface area contributed by atoms with Gasteiger partial charge < -0.3 is 5.73 Å². The van der Waals surface area contributed by atoms with Crippen LogP contribution in [0.5, 0.6) is 0 Å². The van der Waals surface area contributed by atoms with Gasteiger partial charge in [-0.3, -0.25) is 0 Å². The Morgan fingerprint density at radius 2 is 2.20 bits per heavy atom. The Hall–Kier alpha value is -0.600. The van der Waals surface area contributed by atoms with Crippen molar-refractivity contribution in [2.75, 3.05) is 0 Å². The Labute approximate surface area is 63.6 Å². The normalized spacial score (nSPS) is 9.90. The van der Waals surface area contributed by atoms with Gasteiger partial charge in [0.05, 0.1) is 10.6 Å². The van der Waals surface area contributed by atoms with E-state index in [0.29, 0.717) is 17.1 Å². The van der Waals surface area contributed by atoms with Crippen LogP contribution in [0.1, 0.15) is 5.56 Å². The molecule has 0 fully saturated rings. The SMILES string of the molecule is [NH3+]Cc1c(F)cccc1Cl. The van der Waals surface area contributed by atoms with Crippen LogP contribution in [0.15, 0.2) is 18.2 Å². The van der Waals surface area contributed by atoms with Crippen molar-refractivity contribution in [2.24, 2.45) is 0 Å². The number of rotatable bonds is 1. The smallest absolute Gasteiger partial charge is 0.133 e. The summed E-state index contributed by atoms with van der Waals surface area (Å²) in [5.41, 5.74) is 4.04. The van der Waals surface area contributed by atoms with Gasteiger partial charge >= 0.3 is 0 Å². The minimum atomic E-state index is -0.275. The first kappa shape index (κ1) is 7.51. The third kappa shape index (κ3) is 1.28. The van der Waals surface area contributed by atoms with Gasteiger partial charge in [0.2, 0.25) is 0 Å². The van der Waals surface area contributed by atoms with Crippen molar-refractivity contribution in [2.45, 2.75) is 6.54 Å². The van der Waals surface area contributed by atoms with E-state index in [4.69, 9.17) is 11.6 Å². The zero-order chi connectivity index (χ0) is 7.56. The van der Waals surface area contributed by atoms with Crippen LogP contribution in [0.25, 0.3) is 0 Å². The molecule has 0 aliphatic heterocycles. The van der Waals surface area contributed by atoms with E-state index in [2.05, 4.69) is 5.73 Å². The number of quaternary nitrogens is 1. The van der Waals surface area contributed by atoms with Crippen molar-refractivity contribution < 1.29 is 10.1 Å². The van der Waals surface area contributed by atoms with Gasteiger partial charge in [-0.1, -0.05) is 17.7 Å². The minimum Gasteiger partial charge on any atom is -0.354 e. The molecule has 0 saturated heterocycles. The molecule has 3 N–H and O–H groups in total. The zero-order valence-electron chi connectivity index (χ0n) is 5.40. The van der Waals surface area contributed by atoms with Gasteiger partial charge in [0.1, 0.15) is 12.4 Å². The van der Waals surface area contributed by atoms with Gasteiger partial charge in [0.15, 0.2) is 0 Å². The van der Waals surface area contributed by atoms with Crippen LogP contribution in [0.4, 0.5) is 4.39 Å². The second kappa shape index (κ2) is 2.99. The molecule has 0 heterocycles. The molecule has 0 saturated carbocycles. The van der Waals surface area contributed by atoms with E-state index < -0.39 is 0 Å². The molecule has 0 aliphatic rings. The van der Waals surface area contributed by atoms with E-state index in [9.17, 15) is 4.39 Å². The maximum Gasteiger partial charge on any atom is 0.133 e. The quantitative estimate of drug-likeness (QED) is 0.640. The van der Waals surface area contributed by atoms with Gasteiger partial charge in [-0.15, -0.1) is 0 Å². The fraction of sp³-hybridized carbons (Fsp3) is 0.143. The average molecular weight is 161 g/mol. The molecule has 3 heteroatoms. The summed E-state index contributed by atoms with van der Waals surface area (Å²) in [5.74, 6) is -0.275. The lowest BCUT2D eigenvalue weighted by atomic mass is 10.2. The monoisotopic (exact) mass is 160 g/mol. The molecule has 0 aliphatic carbocycles. The summed E-state index contributed by atoms with van der Waals surface area (Å²) in [6.07, 6.45) is 0. The number of hydrogen-bond acceptors (Lipinski definition) is 0. The van der Waals surface area contributed by atoms with Crippen LogP contribution >= 0.6 is 11.6 Å². The fourth-order valence-corrected chi connectivity index (χ4v) is 1.03. The summed E-state index contributed by atoms with van der Waals surface area (Å²) in [4.78, 5) is 0. The Bertz CT molecular complexity index is 217. The maximum atomic E-state index is 12.7. The van der Waals surface area contributed by atoms with E-state index in [1.807, 2.05) is 0 Å². The second-order valence-electron chi connectivity index (χ2n) is 1.95. The summed E-state index contributed by atoms with van der Waals surface area (Å²) in [6, 6.07) is 4.62. The summed E-state index contributed by atoms with van der Waals surface area (Å²) < 4.78 is 12.7. The van der Waals surface area contributed by atoms with Gasteiger partial charge in [-0.2, -0.15) is 0 Å². The summed E-state index contributed by atoms with van der Waals surface area (Å²) >= 11 is 5.65. The number of benzene rings is 1. The van der Waals surface area contributed by atoms with Crippen LogP contribution in [0, 0.1) is 5.82 Å². The Balaban J connectivity index is 3.17. The van der Waals surface area contributed by atoms with Crippen molar-refractivity contribution in [3.63, 3.8) is 0 Å². The largest absolute Gasteiger partial charge is 0.354 e. The number of halogens is 2. The molecule has 1 aromatic carbocycles. The standard InChI is InChI=1S/C7H7ClFN/c8-6-2-1-3-7(9)5(6)4-10/h1-3H,4,10H2/p+1. The Kier molecular flexibility index (Phi) is 2.25. The second-order valence-corrected chi connectivity index (χ2v) is 2.36. The molecule has 54 valence electrons. The molecule has 0 atom stereocenters. The molecule has 0 spiro atoms. The molecule has 1 aromatic rings. The van der Waals surface area contributed by atoms with Crippen LogP contribution in [0.2, 0.25) is 5.02 Å². The van der Waals surface area contributed by atoms with E-state index in [0.717, 1.165) is 0 Å². The Morgan fingerprint density at radius 1 is 1.50 bits per heavy atom. The van der Waals surface area contributed by atoms with Crippen LogP contribution in [-0.2, 0) is 6.54 Å². The van der Waals surface area contributed by atoms with Crippen LogP contribution < -0.4 is 5.73 Å². The molecule has 0 unspecified atom stereocenters. The third-order valence-corrected chi connectivity index (χ3v) is 1.67. The molecule has 10 heavy (non-hydrogen) atoms. The molecular formula is C7H8ClFN+. The third-order valence-electron chi connectivity index (χ3n) is 1.31. The van der Waals surface area contributed by atoms with E-state index in [1.54, 1.807) is 12.1 Å². The summed E-state index contributed by atoms with van der Waals surface area (Å²) in [5, 5.41) is 0.454. The highest BCUT2D eigenvalue weighted by Gasteiger charge is 2.04. The topological polar surface area (TPSA) is 27.6 Å². The van der Waals surface area contributed by atoms with Crippen molar-refractivity contribution in [1.29, 1.82) is 0 Å². The first-order chi connectivity index (χ1) is 4.75. The lowest BCUT2D eigenvalue weighted by Crippen LogP contribution is -2.47. The predicted octanol–water partition coefficient (Wildman–Crippen LogP) is 1.22. The predicted molar refractivity (Wildman–Crippen MR) is 38.0 cm³/mol. The highest BCUT2D eigenvalue weighted by molar-refractivity contribution is 6.31. The lowest BCUT2D eigenvalue weighted by Gasteiger charge is -1.97. The van der Waals surface area contributed by atoms with Crippen molar-refractivity contribution in [1.82, 2.24) is 0 Å². The van der Waals surface area contributed by atoms with Gasteiger partial charge in [-0.05, 0) is 12.1 Å². The first-order valence-corrected chi connectivity index (χ1v) is 3.35. The van der Waals surface area contributed by atoms with Crippen LogP contribution in [-0.4, -0.2) is 0 Å². The van der Waals surface area contributed by atoms with Gasteiger partial charge in [0, 0.05) is 0 Å². The summed E-state index contributed by atoms with van der Waals surface area (Å²) in [7, 11) is 0. The minimum absolute atomic E-state index is 0.275. The van der Waals surface area contributed by atoms with Gasteiger partial charge in [0.25, 0.3) is 0 Å². The highest BCUT2D eigenvalue weighted by atomic mass is 35.5. The van der Waals surface area contributed by atoms with E-state index >= 15 is 0 Å². The lowest BCUT2D eigenvalue weighted by molar-refractivity contribution is -0.386. The zero-order valence-corrected chi connectivity index (χ0v) is 6.16. The first-order valence-electron chi connectivity index (χ1n) is 2.98. The molecular weight excluding hydrogens is 153 g/mol. The fourth-order valence-electron chi connectivity index (χ4n) is 0.771. The average Bonchev–Trinajstić information content (AvgIpc) is 1.88. The molecule has 0 bridgehead atoms. The number of hydrogen-bond donors (Lipinski definition) is 1. The Morgan fingerprint density at radius 3 is 2.60 bits per heavy atom. The van der Waals surface area contributed by atoms with E-state index in [-0.39, 0.29) is 5.82 Å². The van der Waals surface area contributed by atoms with E-state index in [1.165, 1.54) is 6.07 Å².